The lowest BCUT2D eigenvalue weighted by molar-refractivity contribution is 0.430. The molecular weight excluding hydrogens is 353 g/mol. The van der Waals surface area contributed by atoms with Crippen LogP contribution in [0.5, 0.6) is 0 Å². The lowest BCUT2D eigenvalue weighted by Gasteiger charge is -2.16. The molecule has 3 aromatic carbocycles. The highest BCUT2D eigenvalue weighted by molar-refractivity contribution is 5.51. The van der Waals surface area contributed by atoms with Crippen LogP contribution in [0.2, 0.25) is 0 Å². The quantitative estimate of drug-likeness (QED) is 0.506. The van der Waals surface area contributed by atoms with Crippen molar-refractivity contribution in [1.29, 1.82) is 0 Å². The zero-order valence-corrected chi connectivity index (χ0v) is 15.3. The standard InChI is InChI=1S/C23H20FN3O/c24-20-14-8-7-13-19(20)21(25-16-15-17-9-3-1-4-10-17)23-27-26-22(28-23)18-11-5-2-6-12-18/h1-14,21,25H,15-16H2/t21-/m0/s1. The minimum absolute atomic E-state index is 0.306. The van der Waals surface area contributed by atoms with Gasteiger partial charge in [0.1, 0.15) is 11.9 Å². The molecule has 0 aliphatic heterocycles. The molecule has 1 atom stereocenters. The predicted molar refractivity (Wildman–Crippen MR) is 106 cm³/mol. The van der Waals surface area contributed by atoms with Crippen molar-refractivity contribution in [2.24, 2.45) is 0 Å². The molecule has 0 aliphatic rings. The Morgan fingerprint density at radius 1 is 0.821 bits per heavy atom. The average molecular weight is 373 g/mol. The predicted octanol–water partition coefficient (Wildman–Crippen LogP) is 4.80. The van der Waals surface area contributed by atoms with Crippen LogP contribution in [-0.2, 0) is 6.42 Å². The van der Waals surface area contributed by atoms with Crippen LogP contribution in [0.15, 0.2) is 89.3 Å². The molecule has 4 aromatic rings. The highest BCUT2D eigenvalue weighted by Gasteiger charge is 2.23. The fraction of sp³-hybridized carbons (Fsp3) is 0.130. The highest BCUT2D eigenvalue weighted by Crippen LogP contribution is 2.26. The van der Waals surface area contributed by atoms with Crippen molar-refractivity contribution in [2.75, 3.05) is 6.54 Å². The number of nitrogens with one attached hydrogen (secondary N) is 1. The lowest BCUT2D eigenvalue weighted by Crippen LogP contribution is -2.26. The van der Waals surface area contributed by atoms with Crippen LogP contribution in [0, 0.1) is 5.82 Å². The molecule has 0 amide bonds. The van der Waals surface area contributed by atoms with Crippen molar-refractivity contribution >= 4 is 0 Å². The number of halogens is 1. The van der Waals surface area contributed by atoms with E-state index in [1.165, 1.54) is 11.6 Å². The third-order valence-corrected chi connectivity index (χ3v) is 4.53. The molecular formula is C23H20FN3O. The van der Waals surface area contributed by atoms with Crippen LogP contribution in [0.4, 0.5) is 4.39 Å². The number of aromatic nitrogens is 2. The number of hydrogen-bond acceptors (Lipinski definition) is 4. The molecule has 140 valence electrons. The van der Waals surface area contributed by atoms with E-state index in [2.05, 4.69) is 27.6 Å². The van der Waals surface area contributed by atoms with Gasteiger partial charge in [-0.25, -0.2) is 4.39 Å². The summed E-state index contributed by atoms with van der Waals surface area (Å²) in [6.45, 7) is 0.645. The maximum atomic E-state index is 14.5. The van der Waals surface area contributed by atoms with Gasteiger partial charge in [-0.2, -0.15) is 0 Å². The van der Waals surface area contributed by atoms with Crippen molar-refractivity contribution in [3.8, 4) is 11.5 Å². The smallest absolute Gasteiger partial charge is 0.247 e. The maximum Gasteiger partial charge on any atom is 0.247 e. The largest absolute Gasteiger partial charge is 0.419 e. The first kappa shape index (κ1) is 18.1. The second-order valence-electron chi connectivity index (χ2n) is 6.46. The fourth-order valence-corrected chi connectivity index (χ4v) is 3.09. The molecule has 0 unspecified atom stereocenters. The van der Waals surface area contributed by atoms with E-state index in [-0.39, 0.29) is 5.82 Å². The molecule has 0 fully saturated rings. The SMILES string of the molecule is Fc1ccccc1[C@H](NCCc1ccccc1)c1nnc(-c2ccccc2)o1. The van der Waals surface area contributed by atoms with Crippen molar-refractivity contribution < 1.29 is 8.81 Å². The Hall–Kier alpha value is -3.31. The van der Waals surface area contributed by atoms with E-state index in [9.17, 15) is 4.39 Å². The summed E-state index contributed by atoms with van der Waals surface area (Å²) in [4.78, 5) is 0. The van der Waals surface area contributed by atoms with Gasteiger partial charge in [-0.15, -0.1) is 10.2 Å². The van der Waals surface area contributed by atoms with Gasteiger partial charge in [0, 0.05) is 17.7 Å². The maximum absolute atomic E-state index is 14.5. The normalized spacial score (nSPS) is 12.0. The molecule has 0 spiro atoms. The third kappa shape index (κ3) is 4.15. The molecule has 1 N–H and O–H groups in total. The van der Waals surface area contributed by atoms with Crippen LogP contribution >= 0.6 is 0 Å². The van der Waals surface area contributed by atoms with Crippen LogP contribution in [0.3, 0.4) is 0 Å². The lowest BCUT2D eigenvalue weighted by atomic mass is 10.1. The summed E-state index contributed by atoms with van der Waals surface area (Å²) in [6.07, 6.45) is 0.811. The van der Waals surface area contributed by atoms with Gasteiger partial charge in [-0.05, 0) is 30.2 Å². The number of hydrogen-bond donors (Lipinski definition) is 1. The van der Waals surface area contributed by atoms with E-state index in [0.717, 1.165) is 12.0 Å². The van der Waals surface area contributed by atoms with Gasteiger partial charge >= 0.3 is 0 Å². The molecule has 4 rings (SSSR count). The van der Waals surface area contributed by atoms with Gasteiger partial charge in [0.05, 0.1) is 0 Å². The molecule has 5 heteroatoms. The molecule has 0 bridgehead atoms. The average Bonchev–Trinajstić information content (AvgIpc) is 3.23. The van der Waals surface area contributed by atoms with Gasteiger partial charge in [-0.1, -0.05) is 66.7 Å². The van der Waals surface area contributed by atoms with E-state index in [4.69, 9.17) is 4.42 Å². The third-order valence-electron chi connectivity index (χ3n) is 4.53. The summed E-state index contributed by atoms with van der Waals surface area (Å²) >= 11 is 0. The molecule has 4 nitrogen and oxygen atoms in total. The van der Waals surface area contributed by atoms with Crippen molar-refractivity contribution in [3.05, 3.63) is 108 Å². The fourth-order valence-electron chi connectivity index (χ4n) is 3.09. The molecule has 0 saturated heterocycles. The molecule has 28 heavy (non-hydrogen) atoms. The molecule has 0 radical (unpaired) electrons. The number of benzene rings is 3. The second kappa shape index (κ2) is 8.59. The minimum Gasteiger partial charge on any atom is -0.419 e. The van der Waals surface area contributed by atoms with Crippen LogP contribution < -0.4 is 5.32 Å². The summed E-state index contributed by atoms with van der Waals surface area (Å²) in [6, 6.07) is 25.8. The first-order valence-corrected chi connectivity index (χ1v) is 9.22. The second-order valence-corrected chi connectivity index (χ2v) is 6.46. The van der Waals surface area contributed by atoms with Gasteiger partial charge in [0.15, 0.2) is 0 Å². The van der Waals surface area contributed by atoms with Crippen molar-refractivity contribution in [1.82, 2.24) is 15.5 Å². The first-order chi connectivity index (χ1) is 13.8. The zero-order chi connectivity index (χ0) is 19.2. The van der Waals surface area contributed by atoms with Crippen LogP contribution in [0.1, 0.15) is 23.1 Å². The van der Waals surface area contributed by atoms with E-state index in [1.807, 2.05) is 48.5 Å². The van der Waals surface area contributed by atoms with Gasteiger partial charge in [0.2, 0.25) is 11.8 Å². The molecule has 0 aliphatic carbocycles. The topological polar surface area (TPSA) is 51.0 Å². The highest BCUT2D eigenvalue weighted by atomic mass is 19.1. The van der Waals surface area contributed by atoms with E-state index in [0.29, 0.717) is 23.9 Å². The van der Waals surface area contributed by atoms with E-state index >= 15 is 0 Å². The Bertz CT molecular complexity index is 1020. The molecule has 1 heterocycles. The van der Waals surface area contributed by atoms with Crippen LogP contribution in [0.25, 0.3) is 11.5 Å². The first-order valence-electron chi connectivity index (χ1n) is 9.22. The summed E-state index contributed by atoms with van der Waals surface area (Å²) in [7, 11) is 0. The Kier molecular flexibility index (Phi) is 5.54. The van der Waals surface area contributed by atoms with Crippen molar-refractivity contribution in [2.45, 2.75) is 12.5 Å². The van der Waals surface area contributed by atoms with Gasteiger partial charge in [-0.3, -0.25) is 0 Å². The van der Waals surface area contributed by atoms with E-state index in [1.54, 1.807) is 18.2 Å². The molecule has 0 saturated carbocycles. The molecule has 1 aromatic heterocycles. The van der Waals surface area contributed by atoms with Crippen LogP contribution in [-0.4, -0.2) is 16.7 Å². The number of rotatable bonds is 7. The summed E-state index contributed by atoms with van der Waals surface area (Å²) in [5.41, 5.74) is 2.52. The van der Waals surface area contributed by atoms with E-state index < -0.39 is 6.04 Å². The Labute approximate surface area is 163 Å². The Morgan fingerprint density at radius 3 is 2.25 bits per heavy atom. The summed E-state index contributed by atoms with van der Waals surface area (Å²) in [5.74, 6) is 0.456. The zero-order valence-electron chi connectivity index (χ0n) is 15.3. The number of nitrogens with zero attached hydrogens (tertiary/aromatic N) is 2. The summed E-state index contributed by atoms with van der Waals surface area (Å²) in [5, 5.41) is 11.7. The van der Waals surface area contributed by atoms with Crippen molar-refractivity contribution in [3.63, 3.8) is 0 Å². The Morgan fingerprint density at radius 2 is 1.50 bits per heavy atom. The summed E-state index contributed by atoms with van der Waals surface area (Å²) < 4.78 is 20.4. The van der Waals surface area contributed by atoms with Gasteiger partial charge in [0.25, 0.3) is 0 Å². The van der Waals surface area contributed by atoms with Gasteiger partial charge < -0.3 is 9.73 Å². The Balaban J connectivity index is 1.58. The minimum atomic E-state index is -0.519. The monoisotopic (exact) mass is 373 g/mol.